The summed E-state index contributed by atoms with van der Waals surface area (Å²) in [5.74, 6) is -1.91. The smallest absolute Gasteiger partial charge is 0.328 e. The molecule has 0 aromatic heterocycles. The lowest BCUT2D eigenvalue weighted by Crippen LogP contribution is -2.39. The van der Waals surface area contributed by atoms with E-state index in [2.05, 4.69) is 31.1 Å². The van der Waals surface area contributed by atoms with Crippen LogP contribution in [0, 0.1) is 5.82 Å². The number of aliphatic carboxylic acids is 1. The summed E-state index contributed by atoms with van der Waals surface area (Å²) in [6.45, 7) is 2.87. The summed E-state index contributed by atoms with van der Waals surface area (Å²) >= 11 is 3.43. The van der Waals surface area contributed by atoms with Gasteiger partial charge in [0.05, 0.1) is 7.11 Å². The molecule has 1 aliphatic rings. The van der Waals surface area contributed by atoms with Crippen molar-refractivity contribution in [2.24, 2.45) is 10.7 Å². The maximum Gasteiger partial charge on any atom is 0.328 e. The molecule has 4 N–H and O–H groups in total. The Hall–Kier alpha value is -2.98. The van der Waals surface area contributed by atoms with Crippen molar-refractivity contribution < 1.29 is 23.8 Å². The van der Waals surface area contributed by atoms with Crippen LogP contribution in [0.5, 0.6) is 5.75 Å². The van der Waals surface area contributed by atoms with E-state index in [0.717, 1.165) is 42.5 Å². The number of carbonyl (C=O) groups is 2. The van der Waals surface area contributed by atoms with Gasteiger partial charge < -0.3 is 20.5 Å². The fourth-order valence-electron chi connectivity index (χ4n) is 4.37. The van der Waals surface area contributed by atoms with Crippen LogP contribution in [0.2, 0.25) is 0 Å². The van der Waals surface area contributed by atoms with E-state index < -0.39 is 23.7 Å². The molecule has 194 valence electrons. The number of hydrogen-bond donors (Lipinski definition) is 3. The fraction of sp³-hybridized carbons (Fsp3) is 0.423. The first-order chi connectivity index (χ1) is 17.3. The molecular formula is C26H32BrFN4O4. The van der Waals surface area contributed by atoms with Crippen LogP contribution >= 0.6 is 15.9 Å². The molecular weight excluding hydrogens is 531 g/mol. The molecule has 3 rings (SSSR count). The Labute approximate surface area is 218 Å². The lowest BCUT2D eigenvalue weighted by Gasteiger charge is -2.16. The van der Waals surface area contributed by atoms with Crippen LogP contribution in [-0.4, -0.2) is 60.6 Å². The quantitative estimate of drug-likeness (QED) is 0.283. The van der Waals surface area contributed by atoms with Crippen LogP contribution in [0.1, 0.15) is 47.2 Å². The SMILES string of the molecule is COc1ccc(Br)cc1CCc1c(F)cccc1C(=O)NC(N)=NC(CCCN1CCCC1)C(=O)O. The second kappa shape index (κ2) is 13.4. The zero-order chi connectivity index (χ0) is 26.1. The molecule has 0 aliphatic carbocycles. The zero-order valence-corrected chi connectivity index (χ0v) is 21.9. The van der Waals surface area contributed by atoms with Crippen LogP contribution in [0.4, 0.5) is 4.39 Å². The molecule has 2 aromatic carbocycles. The zero-order valence-electron chi connectivity index (χ0n) is 20.3. The van der Waals surface area contributed by atoms with Crippen molar-refractivity contribution in [3.63, 3.8) is 0 Å². The normalized spacial score (nSPS) is 15.0. The number of benzene rings is 2. The molecule has 10 heteroatoms. The lowest BCUT2D eigenvalue weighted by molar-refractivity contribution is -0.138. The Morgan fingerprint density at radius 1 is 1.25 bits per heavy atom. The fourth-order valence-corrected chi connectivity index (χ4v) is 4.78. The van der Waals surface area contributed by atoms with Crippen molar-refractivity contribution in [3.05, 3.63) is 63.4 Å². The molecule has 2 aromatic rings. The van der Waals surface area contributed by atoms with Crippen LogP contribution in [0.25, 0.3) is 0 Å². The molecule has 0 bridgehead atoms. The van der Waals surface area contributed by atoms with E-state index in [0.29, 0.717) is 25.0 Å². The highest BCUT2D eigenvalue weighted by Crippen LogP contribution is 2.25. The minimum atomic E-state index is -1.11. The third-order valence-corrected chi connectivity index (χ3v) is 6.72. The van der Waals surface area contributed by atoms with Gasteiger partial charge in [0, 0.05) is 15.6 Å². The average Bonchev–Trinajstić information content (AvgIpc) is 3.36. The highest BCUT2D eigenvalue weighted by atomic mass is 79.9. The maximum atomic E-state index is 14.7. The number of aliphatic imine (C=N–C) groups is 1. The Morgan fingerprint density at radius 2 is 2.00 bits per heavy atom. The number of ether oxygens (including phenoxy) is 1. The van der Waals surface area contributed by atoms with Crippen molar-refractivity contribution in [1.82, 2.24) is 10.2 Å². The van der Waals surface area contributed by atoms with Crippen molar-refractivity contribution in [2.45, 2.75) is 44.6 Å². The Balaban J connectivity index is 1.67. The van der Waals surface area contributed by atoms with Gasteiger partial charge in [-0.05, 0) is 94.1 Å². The molecule has 1 amide bonds. The number of amides is 1. The number of carboxylic acid groups (broad SMARTS) is 1. The van der Waals surface area contributed by atoms with Crippen molar-refractivity contribution in [2.75, 3.05) is 26.7 Å². The third-order valence-electron chi connectivity index (χ3n) is 6.22. The Morgan fingerprint density at radius 3 is 2.69 bits per heavy atom. The average molecular weight is 563 g/mol. The van der Waals surface area contributed by atoms with Crippen molar-refractivity contribution in [1.29, 1.82) is 0 Å². The number of nitrogens with one attached hydrogen (secondary N) is 1. The molecule has 0 saturated carbocycles. The minimum absolute atomic E-state index is 0.114. The molecule has 1 aliphatic heterocycles. The van der Waals surface area contributed by atoms with Gasteiger partial charge >= 0.3 is 5.97 Å². The van der Waals surface area contributed by atoms with Gasteiger partial charge in [0.1, 0.15) is 11.6 Å². The second-order valence-electron chi connectivity index (χ2n) is 8.74. The number of carboxylic acids is 1. The summed E-state index contributed by atoms with van der Waals surface area (Å²) < 4.78 is 21.0. The monoisotopic (exact) mass is 562 g/mol. The van der Waals surface area contributed by atoms with Gasteiger partial charge in [-0.3, -0.25) is 10.1 Å². The number of guanidine groups is 1. The number of aryl methyl sites for hydroxylation is 1. The van der Waals surface area contributed by atoms with Gasteiger partial charge in [0.2, 0.25) is 0 Å². The summed E-state index contributed by atoms with van der Waals surface area (Å²) in [5, 5.41) is 12.0. The molecule has 0 radical (unpaired) electrons. The largest absolute Gasteiger partial charge is 0.496 e. The number of nitrogens with zero attached hydrogens (tertiary/aromatic N) is 2. The van der Waals surface area contributed by atoms with E-state index in [-0.39, 0.29) is 23.5 Å². The summed E-state index contributed by atoms with van der Waals surface area (Å²) in [6.07, 6.45) is 3.98. The first-order valence-corrected chi connectivity index (χ1v) is 12.8. The van der Waals surface area contributed by atoms with Gasteiger partial charge in [-0.15, -0.1) is 0 Å². The van der Waals surface area contributed by atoms with E-state index in [1.165, 1.54) is 18.2 Å². The third kappa shape index (κ3) is 7.76. The first kappa shape index (κ1) is 27.6. The summed E-state index contributed by atoms with van der Waals surface area (Å²) in [7, 11) is 1.56. The molecule has 8 nitrogen and oxygen atoms in total. The number of methoxy groups -OCH3 is 1. The molecule has 1 atom stereocenters. The summed E-state index contributed by atoms with van der Waals surface area (Å²) in [4.78, 5) is 30.9. The van der Waals surface area contributed by atoms with Gasteiger partial charge in [-0.2, -0.15) is 0 Å². The number of nitrogens with two attached hydrogens (primary N) is 1. The van der Waals surface area contributed by atoms with E-state index in [9.17, 15) is 19.1 Å². The summed E-state index contributed by atoms with van der Waals surface area (Å²) in [6, 6.07) is 8.73. The molecule has 36 heavy (non-hydrogen) atoms. The van der Waals surface area contributed by atoms with Crippen molar-refractivity contribution >= 4 is 33.8 Å². The highest BCUT2D eigenvalue weighted by molar-refractivity contribution is 9.10. The van der Waals surface area contributed by atoms with Crippen LogP contribution in [-0.2, 0) is 17.6 Å². The topological polar surface area (TPSA) is 117 Å². The number of hydrogen-bond acceptors (Lipinski definition) is 5. The Kier molecular flexibility index (Phi) is 10.2. The van der Waals surface area contributed by atoms with E-state index in [4.69, 9.17) is 10.5 Å². The molecule has 0 spiro atoms. The van der Waals surface area contributed by atoms with Crippen LogP contribution in [0.3, 0.4) is 0 Å². The van der Waals surface area contributed by atoms with Crippen LogP contribution in [0.15, 0.2) is 45.9 Å². The predicted molar refractivity (Wildman–Crippen MR) is 140 cm³/mol. The van der Waals surface area contributed by atoms with Gasteiger partial charge in [0.25, 0.3) is 5.91 Å². The number of halogens is 2. The van der Waals surface area contributed by atoms with Gasteiger partial charge in [-0.25, -0.2) is 14.2 Å². The maximum absolute atomic E-state index is 14.7. The van der Waals surface area contributed by atoms with Gasteiger partial charge in [-0.1, -0.05) is 22.0 Å². The van der Waals surface area contributed by atoms with Crippen molar-refractivity contribution in [3.8, 4) is 5.75 Å². The second-order valence-corrected chi connectivity index (χ2v) is 9.65. The first-order valence-electron chi connectivity index (χ1n) is 12.0. The number of rotatable bonds is 11. The summed E-state index contributed by atoms with van der Waals surface area (Å²) in [5.41, 5.74) is 7.08. The number of carbonyl (C=O) groups excluding carboxylic acids is 1. The Bertz CT molecular complexity index is 1110. The lowest BCUT2D eigenvalue weighted by atomic mass is 9.98. The molecule has 1 fully saturated rings. The van der Waals surface area contributed by atoms with E-state index in [1.54, 1.807) is 7.11 Å². The number of likely N-dealkylation sites (tertiary alicyclic amines) is 1. The minimum Gasteiger partial charge on any atom is -0.496 e. The molecule has 1 saturated heterocycles. The van der Waals surface area contributed by atoms with E-state index in [1.807, 2.05) is 18.2 Å². The van der Waals surface area contributed by atoms with Crippen LogP contribution < -0.4 is 15.8 Å². The van der Waals surface area contributed by atoms with E-state index >= 15 is 0 Å². The molecule has 1 heterocycles. The standard InChI is InChI=1S/C26H32BrFN4O4/c1-36-23-12-10-18(27)16-17(23)9-11-19-20(6-4-7-21(19)28)24(33)31-26(29)30-22(25(34)35)8-5-15-32-13-2-3-14-32/h4,6-7,10,12,16,22H,2-3,5,8-9,11,13-15H2,1H3,(H,34,35)(H3,29,30,31,33). The molecule has 1 unspecified atom stereocenters. The predicted octanol–water partition coefficient (Wildman–Crippen LogP) is 3.76. The van der Waals surface area contributed by atoms with Gasteiger partial charge in [0.15, 0.2) is 12.0 Å². The highest BCUT2D eigenvalue weighted by Gasteiger charge is 2.20.